The molecule has 3 aliphatic carbocycles. The minimum Gasteiger partial charge on any atom is -0.0808 e. The van der Waals surface area contributed by atoms with Crippen molar-refractivity contribution in [1.29, 1.82) is 0 Å². The first-order chi connectivity index (χ1) is 11.4. The van der Waals surface area contributed by atoms with Gasteiger partial charge in [0.2, 0.25) is 0 Å². The Hall–Kier alpha value is -0.520. The zero-order valence-electron chi connectivity index (χ0n) is 17.0. The van der Waals surface area contributed by atoms with Crippen LogP contribution in [0, 0.1) is 53.3 Å². The fourth-order valence-electron chi connectivity index (χ4n) is 7.28. The Kier molecular flexibility index (Phi) is 5.62. The van der Waals surface area contributed by atoms with E-state index in [9.17, 15) is 0 Å². The molecule has 0 aromatic rings. The lowest BCUT2D eigenvalue weighted by Gasteiger charge is -2.45. The first-order valence-corrected chi connectivity index (χ1v) is 10.7. The average molecular weight is 329 g/mol. The molecule has 3 aliphatic rings. The minimum atomic E-state index is 0.793. The molecule has 0 aromatic heterocycles. The smallest absolute Gasteiger partial charge is 0.0148 e. The van der Waals surface area contributed by atoms with E-state index < -0.39 is 0 Å². The van der Waals surface area contributed by atoms with Crippen LogP contribution in [0.2, 0.25) is 0 Å². The van der Waals surface area contributed by atoms with Crippen LogP contribution in [0.1, 0.15) is 73.6 Å². The third kappa shape index (κ3) is 3.68. The van der Waals surface area contributed by atoms with Gasteiger partial charge in [-0.2, -0.15) is 0 Å². The molecule has 0 heterocycles. The second-order valence-electron chi connectivity index (χ2n) is 10.2. The molecule has 0 radical (unpaired) electrons. The lowest BCUT2D eigenvalue weighted by Crippen LogP contribution is -2.36. The van der Waals surface area contributed by atoms with E-state index in [1.165, 1.54) is 32.1 Å². The molecule has 5 unspecified atom stereocenters. The Morgan fingerprint density at radius 3 is 1.75 bits per heavy atom. The fraction of sp³-hybridized carbons (Fsp3) is 0.833. The highest BCUT2D eigenvalue weighted by molar-refractivity contribution is 5.24. The molecule has 2 fully saturated rings. The van der Waals surface area contributed by atoms with E-state index >= 15 is 0 Å². The summed E-state index contributed by atoms with van der Waals surface area (Å²) < 4.78 is 0. The topological polar surface area (TPSA) is 0 Å². The van der Waals surface area contributed by atoms with Gasteiger partial charge < -0.3 is 0 Å². The van der Waals surface area contributed by atoms with E-state index in [2.05, 4.69) is 59.8 Å². The van der Waals surface area contributed by atoms with Crippen molar-refractivity contribution in [2.75, 3.05) is 0 Å². The maximum absolute atomic E-state index is 2.55. The summed E-state index contributed by atoms with van der Waals surface area (Å²) in [7, 11) is 0. The zero-order valence-corrected chi connectivity index (χ0v) is 17.0. The molecular weight excluding hydrogens is 288 g/mol. The third-order valence-electron chi connectivity index (χ3n) is 7.70. The van der Waals surface area contributed by atoms with Gasteiger partial charge in [0, 0.05) is 0 Å². The van der Waals surface area contributed by atoms with Crippen LogP contribution >= 0.6 is 0 Å². The minimum absolute atomic E-state index is 0.793. The van der Waals surface area contributed by atoms with E-state index in [0.717, 1.165) is 53.3 Å². The molecule has 0 heteroatoms. The van der Waals surface area contributed by atoms with E-state index in [-0.39, 0.29) is 0 Å². The van der Waals surface area contributed by atoms with Crippen molar-refractivity contribution in [3.63, 3.8) is 0 Å². The molecule has 3 rings (SSSR count). The summed E-state index contributed by atoms with van der Waals surface area (Å²) in [6.45, 7) is 15.0. The SMILES string of the molecule is CC1CC(C)C(C2=CC=CC(C3C(C)CC(C)CC3C)C2)C(C)C1. The predicted octanol–water partition coefficient (Wildman–Crippen LogP) is 7.13. The molecular formula is C24H40. The van der Waals surface area contributed by atoms with Crippen LogP contribution in [-0.2, 0) is 0 Å². The van der Waals surface area contributed by atoms with Gasteiger partial charge in [0.25, 0.3) is 0 Å². The molecule has 0 spiro atoms. The summed E-state index contributed by atoms with van der Waals surface area (Å²) in [5.41, 5.74) is 1.78. The summed E-state index contributed by atoms with van der Waals surface area (Å²) in [5, 5.41) is 0. The summed E-state index contributed by atoms with van der Waals surface area (Å²) >= 11 is 0. The molecule has 2 saturated carbocycles. The fourth-order valence-corrected chi connectivity index (χ4v) is 7.28. The van der Waals surface area contributed by atoms with Crippen LogP contribution in [0.25, 0.3) is 0 Å². The molecule has 5 atom stereocenters. The van der Waals surface area contributed by atoms with Crippen molar-refractivity contribution in [1.82, 2.24) is 0 Å². The lowest BCUT2D eigenvalue weighted by atomic mass is 9.60. The van der Waals surface area contributed by atoms with E-state index in [0.29, 0.717) is 0 Å². The van der Waals surface area contributed by atoms with Gasteiger partial charge in [-0.3, -0.25) is 0 Å². The van der Waals surface area contributed by atoms with Gasteiger partial charge in [-0.15, -0.1) is 0 Å². The Morgan fingerprint density at radius 2 is 1.21 bits per heavy atom. The van der Waals surface area contributed by atoms with Crippen LogP contribution < -0.4 is 0 Å². The lowest BCUT2D eigenvalue weighted by molar-refractivity contribution is 0.0930. The van der Waals surface area contributed by atoms with Crippen molar-refractivity contribution in [2.24, 2.45) is 53.3 Å². The number of hydrogen-bond donors (Lipinski definition) is 0. The van der Waals surface area contributed by atoms with Gasteiger partial charge in [-0.1, -0.05) is 65.3 Å². The number of rotatable bonds is 2. The van der Waals surface area contributed by atoms with Crippen LogP contribution in [0.4, 0.5) is 0 Å². The normalized spacial score (nSPS) is 49.8. The Labute approximate surface area is 151 Å². The molecule has 24 heavy (non-hydrogen) atoms. The van der Waals surface area contributed by atoms with Crippen molar-refractivity contribution >= 4 is 0 Å². The maximum Gasteiger partial charge on any atom is -0.0148 e. The Balaban J connectivity index is 1.73. The predicted molar refractivity (Wildman–Crippen MR) is 106 cm³/mol. The molecule has 0 aliphatic heterocycles. The third-order valence-corrected chi connectivity index (χ3v) is 7.70. The molecule has 0 bridgehead atoms. The molecule has 136 valence electrons. The molecule has 0 saturated heterocycles. The van der Waals surface area contributed by atoms with Gasteiger partial charge in [-0.05, 0) is 85.4 Å². The maximum atomic E-state index is 2.55. The van der Waals surface area contributed by atoms with Gasteiger partial charge in [0.1, 0.15) is 0 Å². The van der Waals surface area contributed by atoms with Crippen LogP contribution in [-0.4, -0.2) is 0 Å². The van der Waals surface area contributed by atoms with Crippen molar-refractivity contribution in [2.45, 2.75) is 73.6 Å². The molecule has 0 nitrogen and oxygen atoms in total. The van der Waals surface area contributed by atoms with Crippen LogP contribution in [0.5, 0.6) is 0 Å². The summed E-state index contributed by atoms with van der Waals surface area (Å²) in [4.78, 5) is 0. The molecule has 0 N–H and O–H groups in total. The first-order valence-electron chi connectivity index (χ1n) is 10.7. The molecule has 0 aromatic carbocycles. The Bertz CT molecular complexity index is 460. The standard InChI is InChI=1S/C24H40/c1-15-10-17(3)23(18(4)11-15)21-8-7-9-22(14-21)24-19(5)12-16(2)13-20(24)6/h7-9,15-21,23-24H,10-14H2,1-6H3. The highest BCUT2D eigenvalue weighted by Gasteiger charge is 2.39. The summed E-state index contributed by atoms with van der Waals surface area (Å²) in [6.07, 6.45) is 14.5. The van der Waals surface area contributed by atoms with Gasteiger partial charge in [0.05, 0.1) is 0 Å². The van der Waals surface area contributed by atoms with E-state index in [1.807, 2.05) is 0 Å². The zero-order chi connectivity index (χ0) is 17.4. The highest BCUT2D eigenvalue weighted by atomic mass is 14.4. The van der Waals surface area contributed by atoms with Crippen LogP contribution in [0.3, 0.4) is 0 Å². The second-order valence-corrected chi connectivity index (χ2v) is 10.2. The van der Waals surface area contributed by atoms with E-state index in [4.69, 9.17) is 0 Å². The monoisotopic (exact) mass is 328 g/mol. The quantitative estimate of drug-likeness (QED) is 0.506. The largest absolute Gasteiger partial charge is 0.0808 e. The van der Waals surface area contributed by atoms with Crippen molar-refractivity contribution < 1.29 is 0 Å². The first kappa shape index (κ1) is 18.3. The number of allylic oxidation sites excluding steroid dienone is 4. The summed E-state index contributed by atoms with van der Waals surface area (Å²) in [6, 6.07) is 0. The molecule has 0 amide bonds. The van der Waals surface area contributed by atoms with Gasteiger partial charge in [-0.25, -0.2) is 0 Å². The second kappa shape index (κ2) is 7.38. The number of hydrogen-bond acceptors (Lipinski definition) is 0. The summed E-state index contributed by atoms with van der Waals surface area (Å²) in [5.74, 6) is 7.87. The van der Waals surface area contributed by atoms with E-state index in [1.54, 1.807) is 5.57 Å². The Morgan fingerprint density at radius 1 is 0.708 bits per heavy atom. The van der Waals surface area contributed by atoms with Gasteiger partial charge in [0.15, 0.2) is 0 Å². The van der Waals surface area contributed by atoms with Crippen molar-refractivity contribution in [3.05, 3.63) is 23.8 Å². The average Bonchev–Trinajstić information content (AvgIpc) is 2.45. The highest BCUT2D eigenvalue weighted by Crippen LogP contribution is 2.48. The van der Waals surface area contributed by atoms with Crippen molar-refractivity contribution in [3.8, 4) is 0 Å². The van der Waals surface area contributed by atoms with Gasteiger partial charge >= 0.3 is 0 Å². The van der Waals surface area contributed by atoms with Crippen LogP contribution in [0.15, 0.2) is 23.8 Å².